The van der Waals surface area contributed by atoms with Crippen LogP contribution in [0.2, 0.25) is 5.02 Å². The van der Waals surface area contributed by atoms with Crippen LogP contribution in [-0.2, 0) is 4.74 Å². The summed E-state index contributed by atoms with van der Waals surface area (Å²) in [7, 11) is 1.33. The van der Waals surface area contributed by atoms with E-state index in [4.69, 9.17) is 16.3 Å². The SMILES string of the molecule is COC(=O)c1cc(N=Cc2ccc(N3CCCC3)cc2)ccc1Cl. The van der Waals surface area contributed by atoms with Gasteiger partial charge in [0.2, 0.25) is 0 Å². The molecule has 0 aromatic heterocycles. The first-order chi connectivity index (χ1) is 11.7. The zero-order chi connectivity index (χ0) is 16.9. The summed E-state index contributed by atoms with van der Waals surface area (Å²) in [5, 5.41) is 0.357. The maximum Gasteiger partial charge on any atom is 0.339 e. The summed E-state index contributed by atoms with van der Waals surface area (Å²) in [6.07, 6.45) is 4.31. The van der Waals surface area contributed by atoms with Crippen LogP contribution >= 0.6 is 11.6 Å². The third-order valence-corrected chi connectivity index (χ3v) is 4.41. The summed E-state index contributed by atoms with van der Waals surface area (Å²) in [5.74, 6) is -0.466. The van der Waals surface area contributed by atoms with Gasteiger partial charge in [-0.05, 0) is 48.7 Å². The van der Waals surface area contributed by atoms with E-state index in [0.29, 0.717) is 16.3 Å². The molecule has 1 saturated heterocycles. The molecule has 1 fully saturated rings. The maximum absolute atomic E-state index is 11.7. The van der Waals surface area contributed by atoms with E-state index in [0.717, 1.165) is 18.7 Å². The second-order valence-corrected chi connectivity index (χ2v) is 6.11. The third-order valence-electron chi connectivity index (χ3n) is 4.08. The predicted molar refractivity (Wildman–Crippen MR) is 97.9 cm³/mol. The van der Waals surface area contributed by atoms with Crippen molar-refractivity contribution in [2.24, 2.45) is 4.99 Å². The van der Waals surface area contributed by atoms with E-state index in [9.17, 15) is 4.79 Å². The first-order valence-electron chi connectivity index (χ1n) is 7.94. The van der Waals surface area contributed by atoms with Crippen molar-refractivity contribution in [1.82, 2.24) is 0 Å². The van der Waals surface area contributed by atoms with Crippen LogP contribution in [0.5, 0.6) is 0 Å². The molecule has 4 nitrogen and oxygen atoms in total. The smallest absolute Gasteiger partial charge is 0.339 e. The van der Waals surface area contributed by atoms with Gasteiger partial charge in [0.05, 0.1) is 23.4 Å². The van der Waals surface area contributed by atoms with Crippen LogP contribution in [0.1, 0.15) is 28.8 Å². The molecule has 0 aliphatic carbocycles. The Labute approximate surface area is 146 Å². The van der Waals surface area contributed by atoms with Gasteiger partial charge in [-0.1, -0.05) is 23.7 Å². The lowest BCUT2D eigenvalue weighted by atomic mass is 10.2. The van der Waals surface area contributed by atoms with Crippen LogP contribution in [0.25, 0.3) is 0 Å². The van der Waals surface area contributed by atoms with E-state index in [2.05, 4.69) is 22.0 Å². The van der Waals surface area contributed by atoms with Crippen molar-refractivity contribution in [2.75, 3.05) is 25.1 Å². The highest BCUT2D eigenvalue weighted by atomic mass is 35.5. The van der Waals surface area contributed by atoms with Gasteiger partial charge in [0.25, 0.3) is 0 Å². The number of benzene rings is 2. The first-order valence-corrected chi connectivity index (χ1v) is 8.32. The summed E-state index contributed by atoms with van der Waals surface area (Å²) in [6.45, 7) is 2.27. The average molecular weight is 343 g/mol. The van der Waals surface area contributed by atoms with Gasteiger partial charge in [0, 0.05) is 25.0 Å². The van der Waals surface area contributed by atoms with Gasteiger partial charge < -0.3 is 9.64 Å². The summed E-state index contributed by atoms with van der Waals surface area (Å²) in [4.78, 5) is 18.5. The third kappa shape index (κ3) is 3.77. The molecule has 0 N–H and O–H groups in total. The lowest BCUT2D eigenvalue weighted by molar-refractivity contribution is 0.0601. The van der Waals surface area contributed by atoms with E-state index < -0.39 is 5.97 Å². The number of methoxy groups -OCH3 is 1. The summed E-state index contributed by atoms with van der Waals surface area (Å²) in [5.41, 5.74) is 3.23. The number of carbonyl (C=O) groups excluding carboxylic acids is 1. The Morgan fingerprint density at radius 2 is 1.88 bits per heavy atom. The number of hydrogen-bond donors (Lipinski definition) is 0. The molecule has 0 saturated carbocycles. The molecule has 0 bridgehead atoms. The zero-order valence-electron chi connectivity index (χ0n) is 13.5. The largest absolute Gasteiger partial charge is 0.465 e. The molecule has 0 amide bonds. The Hall–Kier alpha value is -2.33. The van der Waals surface area contributed by atoms with Crippen molar-refractivity contribution in [3.05, 3.63) is 58.6 Å². The minimum Gasteiger partial charge on any atom is -0.465 e. The number of halogens is 1. The van der Waals surface area contributed by atoms with E-state index >= 15 is 0 Å². The predicted octanol–water partition coefficient (Wildman–Crippen LogP) is 4.48. The maximum atomic E-state index is 11.7. The van der Waals surface area contributed by atoms with Gasteiger partial charge in [0.15, 0.2) is 0 Å². The van der Waals surface area contributed by atoms with Gasteiger partial charge in [-0.25, -0.2) is 4.79 Å². The fourth-order valence-corrected chi connectivity index (χ4v) is 2.95. The molecule has 0 spiro atoms. The number of ether oxygens (including phenoxy) is 1. The van der Waals surface area contributed by atoms with Crippen molar-refractivity contribution in [1.29, 1.82) is 0 Å². The van der Waals surface area contributed by atoms with Crippen LogP contribution < -0.4 is 4.90 Å². The van der Waals surface area contributed by atoms with Crippen LogP contribution in [0.3, 0.4) is 0 Å². The number of esters is 1. The molecule has 2 aromatic rings. The normalized spacial score (nSPS) is 14.3. The molecule has 0 atom stereocenters. The average Bonchev–Trinajstić information content (AvgIpc) is 3.15. The fourth-order valence-electron chi connectivity index (χ4n) is 2.76. The Morgan fingerprint density at radius 1 is 1.17 bits per heavy atom. The van der Waals surface area contributed by atoms with Crippen molar-refractivity contribution in [3.63, 3.8) is 0 Å². The van der Waals surface area contributed by atoms with E-state index in [1.807, 2.05) is 12.1 Å². The highest BCUT2D eigenvalue weighted by molar-refractivity contribution is 6.33. The molecule has 2 aromatic carbocycles. The van der Waals surface area contributed by atoms with E-state index in [1.165, 1.54) is 25.6 Å². The molecule has 1 aliphatic rings. The fraction of sp³-hybridized carbons (Fsp3) is 0.263. The lowest BCUT2D eigenvalue weighted by Crippen LogP contribution is -2.17. The molecular weight excluding hydrogens is 324 g/mol. The van der Waals surface area contributed by atoms with Gasteiger partial charge in [-0.15, -0.1) is 0 Å². The summed E-state index contributed by atoms with van der Waals surface area (Å²) < 4.78 is 4.72. The molecule has 0 unspecified atom stereocenters. The van der Waals surface area contributed by atoms with Crippen molar-refractivity contribution < 1.29 is 9.53 Å². The molecule has 124 valence electrons. The van der Waals surface area contributed by atoms with Crippen LogP contribution in [0.4, 0.5) is 11.4 Å². The minimum absolute atomic E-state index is 0.318. The first kappa shape index (κ1) is 16.5. The van der Waals surface area contributed by atoms with Crippen LogP contribution in [0.15, 0.2) is 47.5 Å². The Morgan fingerprint density at radius 3 is 2.54 bits per heavy atom. The highest BCUT2D eigenvalue weighted by Crippen LogP contribution is 2.24. The molecule has 5 heteroatoms. The minimum atomic E-state index is -0.466. The number of carbonyl (C=O) groups is 1. The highest BCUT2D eigenvalue weighted by Gasteiger charge is 2.12. The molecule has 1 aliphatic heterocycles. The van der Waals surface area contributed by atoms with Crippen molar-refractivity contribution >= 4 is 35.2 Å². The summed E-state index contributed by atoms with van der Waals surface area (Å²) in [6, 6.07) is 13.4. The number of aliphatic imine (C=N–C) groups is 1. The van der Waals surface area contributed by atoms with E-state index in [1.54, 1.807) is 24.4 Å². The monoisotopic (exact) mass is 342 g/mol. The van der Waals surface area contributed by atoms with Gasteiger partial charge in [-0.2, -0.15) is 0 Å². The number of hydrogen-bond acceptors (Lipinski definition) is 4. The van der Waals surface area contributed by atoms with Crippen LogP contribution in [0, 0.1) is 0 Å². The number of nitrogens with zero attached hydrogens (tertiary/aromatic N) is 2. The standard InChI is InChI=1S/C19H19ClN2O2/c1-24-19(23)17-12-15(6-9-18(17)20)21-13-14-4-7-16(8-5-14)22-10-2-3-11-22/h4-9,12-13H,2-3,10-11H2,1H3. The second kappa shape index (κ2) is 7.49. The van der Waals surface area contributed by atoms with E-state index in [-0.39, 0.29) is 0 Å². The Bertz CT molecular complexity index is 750. The topological polar surface area (TPSA) is 41.9 Å². The number of anilines is 1. The summed E-state index contributed by atoms with van der Waals surface area (Å²) >= 11 is 6.01. The Kier molecular flexibility index (Phi) is 5.16. The van der Waals surface area contributed by atoms with Crippen molar-refractivity contribution in [3.8, 4) is 0 Å². The van der Waals surface area contributed by atoms with Gasteiger partial charge >= 0.3 is 5.97 Å². The molecule has 3 rings (SSSR count). The second-order valence-electron chi connectivity index (χ2n) is 5.70. The molecular formula is C19H19ClN2O2. The zero-order valence-corrected chi connectivity index (χ0v) is 14.3. The lowest BCUT2D eigenvalue weighted by Gasteiger charge is -2.17. The van der Waals surface area contributed by atoms with Crippen LogP contribution in [-0.4, -0.2) is 32.4 Å². The molecule has 0 radical (unpaired) electrons. The Balaban J connectivity index is 1.74. The van der Waals surface area contributed by atoms with Crippen molar-refractivity contribution in [2.45, 2.75) is 12.8 Å². The number of rotatable bonds is 4. The molecule has 24 heavy (non-hydrogen) atoms. The quantitative estimate of drug-likeness (QED) is 0.607. The van der Waals surface area contributed by atoms with Gasteiger partial charge in [0.1, 0.15) is 0 Å². The van der Waals surface area contributed by atoms with Gasteiger partial charge in [-0.3, -0.25) is 4.99 Å². The molecule has 1 heterocycles.